The molecule has 2 rings (SSSR count). The van der Waals surface area contributed by atoms with Gasteiger partial charge in [0.25, 0.3) is 5.69 Å². The number of aryl methyl sites for hydroxylation is 1. The topological polar surface area (TPSA) is 118 Å². The smallest absolute Gasteiger partial charge is 0.320 e. The van der Waals surface area contributed by atoms with E-state index in [-0.39, 0.29) is 28.4 Å². The van der Waals surface area contributed by atoms with Gasteiger partial charge in [-0.25, -0.2) is 13.2 Å². The van der Waals surface area contributed by atoms with E-state index < -0.39 is 26.3 Å². The summed E-state index contributed by atoms with van der Waals surface area (Å²) in [5, 5.41) is 15.6. The zero-order valence-corrected chi connectivity index (χ0v) is 16.0. The molecule has 2 aromatic rings. The number of nitrogens with zero attached hydrogens (tertiary/aromatic N) is 1. The van der Waals surface area contributed by atoms with Gasteiger partial charge < -0.3 is 10.6 Å². The molecular formula is C17H18ClN3O5S. The second-order valence-electron chi connectivity index (χ2n) is 5.76. The first-order valence-electron chi connectivity index (χ1n) is 7.93. The van der Waals surface area contributed by atoms with Crippen LogP contribution in [0.5, 0.6) is 0 Å². The lowest BCUT2D eigenvalue weighted by atomic mass is 10.2. The molecule has 2 aromatic carbocycles. The number of benzene rings is 2. The predicted molar refractivity (Wildman–Crippen MR) is 103 cm³/mol. The van der Waals surface area contributed by atoms with E-state index in [0.717, 1.165) is 5.56 Å². The Hall–Kier alpha value is -2.65. The number of anilines is 1. The van der Waals surface area contributed by atoms with Gasteiger partial charge in [-0.3, -0.25) is 10.1 Å². The highest BCUT2D eigenvalue weighted by Gasteiger charge is 2.19. The third-order valence-corrected chi connectivity index (χ3v) is 5.75. The molecule has 0 radical (unpaired) electrons. The molecular weight excluding hydrogens is 394 g/mol. The number of rotatable bonds is 7. The van der Waals surface area contributed by atoms with Crippen LogP contribution in [0.2, 0.25) is 0 Å². The fourth-order valence-corrected chi connectivity index (χ4v) is 3.90. The molecule has 1 unspecified atom stereocenters. The van der Waals surface area contributed by atoms with Crippen LogP contribution in [-0.2, 0) is 9.84 Å². The van der Waals surface area contributed by atoms with E-state index in [1.54, 1.807) is 12.1 Å². The number of hydrogen-bond acceptors (Lipinski definition) is 5. The van der Waals surface area contributed by atoms with E-state index in [4.69, 9.17) is 11.6 Å². The predicted octanol–water partition coefficient (Wildman–Crippen LogP) is 3.45. The van der Waals surface area contributed by atoms with Crippen LogP contribution in [-0.4, -0.2) is 30.6 Å². The molecule has 8 nitrogen and oxygen atoms in total. The standard InChI is InChI=1S/C17H18ClN3O5S/c1-12-6-8-13(9-7-12)27(25,26)11-10-16(18)20-17(22)19-14-4-2-3-5-15(14)21(23)24/h2-9,16H,10-11H2,1H3,(H2,19,20,22). The third-order valence-electron chi connectivity index (χ3n) is 3.66. The van der Waals surface area contributed by atoms with Crippen molar-refractivity contribution in [3.63, 3.8) is 0 Å². The average Bonchev–Trinajstić information content (AvgIpc) is 2.60. The van der Waals surface area contributed by atoms with E-state index in [1.807, 2.05) is 6.92 Å². The molecule has 0 heterocycles. The summed E-state index contributed by atoms with van der Waals surface area (Å²) in [4.78, 5) is 22.4. The van der Waals surface area contributed by atoms with E-state index in [9.17, 15) is 23.3 Å². The number of nitrogens with one attached hydrogen (secondary N) is 2. The van der Waals surface area contributed by atoms with Gasteiger partial charge in [0.2, 0.25) is 0 Å². The Labute approximate surface area is 161 Å². The molecule has 0 fully saturated rings. The maximum atomic E-state index is 12.3. The summed E-state index contributed by atoms with van der Waals surface area (Å²) in [5.74, 6) is -0.254. The summed E-state index contributed by atoms with van der Waals surface area (Å²) >= 11 is 5.99. The van der Waals surface area contributed by atoms with Gasteiger partial charge in [-0.2, -0.15) is 0 Å². The Morgan fingerprint density at radius 2 is 1.81 bits per heavy atom. The molecule has 0 aliphatic heterocycles. The number of sulfone groups is 1. The van der Waals surface area contributed by atoms with Gasteiger partial charge in [-0.15, -0.1) is 0 Å². The summed E-state index contributed by atoms with van der Waals surface area (Å²) in [6.07, 6.45) is -0.0257. The van der Waals surface area contributed by atoms with Crippen molar-refractivity contribution in [2.24, 2.45) is 0 Å². The average molecular weight is 412 g/mol. The van der Waals surface area contributed by atoms with Crippen molar-refractivity contribution in [3.05, 3.63) is 64.2 Å². The molecule has 2 amide bonds. The lowest BCUT2D eigenvalue weighted by Gasteiger charge is -2.13. The van der Waals surface area contributed by atoms with E-state index in [1.165, 1.54) is 36.4 Å². The summed E-state index contributed by atoms with van der Waals surface area (Å²) in [5.41, 5.74) is -0.276. The largest absolute Gasteiger partial charge is 0.322 e. The first-order chi connectivity index (χ1) is 12.7. The molecule has 1 atom stereocenters. The summed E-state index contributed by atoms with van der Waals surface area (Å²) in [6.45, 7) is 1.85. The van der Waals surface area contributed by atoms with Crippen LogP contribution in [0.3, 0.4) is 0 Å². The Morgan fingerprint density at radius 1 is 1.19 bits per heavy atom. The van der Waals surface area contributed by atoms with Gasteiger partial charge in [0.15, 0.2) is 9.84 Å². The van der Waals surface area contributed by atoms with Gasteiger partial charge in [0.05, 0.1) is 15.6 Å². The molecule has 0 aliphatic rings. The number of para-hydroxylation sites is 2. The molecule has 0 saturated heterocycles. The number of amides is 2. The summed E-state index contributed by atoms with van der Waals surface area (Å²) in [6, 6.07) is 11.3. The second-order valence-corrected chi connectivity index (χ2v) is 8.40. The Balaban J connectivity index is 1.92. The molecule has 27 heavy (non-hydrogen) atoms. The highest BCUT2D eigenvalue weighted by atomic mass is 35.5. The Bertz CT molecular complexity index is 932. The van der Waals surface area contributed by atoms with E-state index in [0.29, 0.717) is 0 Å². The maximum absolute atomic E-state index is 12.3. The van der Waals surface area contributed by atoms with Crippen LogP contribution in [0.15, 0.2) is 53.4 Å². The van der Waals surface area contributed by atoms with E-state index in [2.05, 4.69) is 10.6 Å². The minimum atomic E-state index is -3.53. The van der Waals surface area contributed by atoms with Crippen LogP contribution < -0.4 is 10.6 Å². The van der Waals surface area contributed by atoms with Gasteiger partial charge in [0, 0.05) is 6.07 Å². The second kappa shape index (κ2) is 8.83. The zero-order chi connectivity index (χ0) is 20.0. The van der Waals surface area contributed by atoms with Crippen molar-refractivity contribution in [3.8, 4) is 0 Å². The fourth-order valence-electron chi connectivity index (χ4n) is 2.23. The fraction of sp³-hybridized carbons (Fsp3) is 0.235. The van der Waals surface area contributed by atoms with Gasteiger partial charge in [-0.1, -0.05) is 41.4 Å². The van der Waals surface area contributed by atoms with Gasteiger partial charge in [-0.05, 0) is 31.5 Å². The third kappa shape index (κ3) is 5.93. The highest BCUT2D eigenvalue weighted by molar-refractivity contribution is 7.91. The van der Waals surface area contributed by atoms with Crippen molar-refractivity contribution < 1.29 is 18.1 Å². The van der Waals surface area contributed by atoms with Crippen molar-refractivity contribution in [2.75, 3.05) is 11.1 Å². The van der Waals surface area contributed by atoms with Crippen LogP contribution in [0.4, 0.5) is 16.2 Å². The number of alkyl halides is 1. The number of carbonyl (C=O) groups excluding carboxylic acids is 1. The normalized spacial score (nSPS) is 12.2. The van der Waals surface area contributed by atoms with Crippen LogP contribution in [0, 0.1) is 17.0 Å². The highest BCUT2D eigenvalue weighted by Crippen LogP contribution is 2.23. The molecule has 0 aromatic heterocycles. The molecule has 144 valence electrons. The Morgan fingerprint density at radius 3 is 2.44 bits per heavy atom. The minimum absolute atomic E-state index is 0.0103. The van der Waals surface area contributed by atoms with Gasteiger partial charge >= 0.3 is 6.03 Å². The quantitative estimate of drug-likeness (QED) is 0.313. The number of hydrogen-bond donors (Lipinski definition) is 2. The molecule has 0 saturated carbocycles. The molecule has 0 bridgehead atoms. The lowest BCUT2D eigenvalue weighted by molar-refractivity contribution is -0.383. The maximum Gasteiger partial charge on any atom is 0.320 e. The number of nitro benzene ring substituents is 1. The molecule has 10 heteroatoms. The molecule has 0 spiro atoms. The SMILES string of the molecule is Cc1ccc(S(=O)(=O)CCC(Cl)NC(=O)Nc2ccccc2[N+](=O)[O-])cc1. The lowest BCUT2D eigenvalue weighted by Crippen LogP contribution is -2.35. The molecule has 2 N–H and O–H groups in total. The number of halogens is 1. The van der Waals surface area contributed by atoms with Gasteiger partial charge in [0.1, 0.15) is 11.2 Å². The first kappa shape index (κ1) is 20.7. The van der Waals surface area contributed by atoms with Crippen molar-refractivity contribution in [1.29, 1.82) is 0 Å². The monoisotopic (exact) mass is 411 g/mol. The van der Waals surface area contributed by atoms with Crippen LogP contribution in [0.1, 0.15) is 12.0 Å². The number of nitro groups is 1. The summed E-state index contributed by atoms with van der Waals surface area (Å²) < 4.78 is 24.6. The molecule has 0 aliphatic carbocycles. The summed E-state index contributed by atoms with van der Waals surface area (Å²) in [7, 11) is -3.53. The zero-order valence-electron chi connectivity index (χ0n) is 14.4. The number of carbonyl (C=O) groups is 1. The van der Waals surface area contributed by atoms with Crippen molar-refractivity contribution in [1.82, 2.24) is 5.32 Å². The number of urea groups is 1. The minimum Gasteiger partial charge on any atom is -0.322 e. The van der Waals surface area contributed by atoms with Crippen molar-refractivity contribution in [2.45, 2.75) is 23.7 Å². The van der Waals surface area contributed by atoms with Crippen LogP contribution in [0.25, 0.3) is 0 Å². The van der Waals surface area contributed by atoms with E-state index >= 15 is 0 Å². The van der Waals surface area contributed by atoms with Crippen molar-refractivity contribution >= 4 is 38.8 Å². The Kier molecular flexibility index (Phi) is 6.75. The van der Waals surface area contributed by atoms with Crippen LogP contribution >= 0.6 is 11.6 Å². The first-order valence-corrected chi connectivity index (χ1v) is 10.0.